The number of ether oxygens (including phenoxy) is 3. The van der Waals surface area contributed by atoms with Crippen LogP contribution in [0.15, 0.2) is 0 Å². The van der Waals surface area contributed by atoms with E-state index in [1.165, 1.54) is 0 Å². The largest absolute Gasteiger partial charge is 0.385 e. The van der Waals surface area contributed by atoms with Crippen LogP contribution >= 0.6 is 0 Å². The molecule has 4 nitrogen and oxygen atoms in total. The summed E-state index contributed by atoms with van der Waals surface area (Å²) in [5, 5.41) is 0. The molecule has 96 valence electrons. The highest BCUT2D eigenvalue weighted by molar-refractivity contribution is 4.93. The van der Waals surface area contributed by atoms with Crippen LogP contribution in [0.1, 0.15) is 32.6 Å². The SMILES string of the molecule is CCOC1(C(N)CCCOC)CCOCC1. The van der Waals surface area contributed by atoms with Gasteiger partial charge >= 0.3 is 0 Å². The van der Waals surface area contributed by atoms with E-state index >= 15 is 0 Å². The normalized spacial score (nSPS) is 21.9. The molecule has 1 aliphatic rings. The minimum Gasteiger partial charge on any atom is -0.385 e. The van der Waals surface area contributed by atoms with E-state index in [1.54, 1.807) is 7.11 Å². The number of hydrogen-bond donors (Lipinski definition) is 1. The van der Waals surface area contributed by atoms with Crippen molar-refractivity contribution in [3.8, 4) is 0 Å². The van der Waals surface area contributed by atoms with Gasteiger partial charge in [-0.15, -0.1) is 0 Å². The molecule has 0 spiro atoms. The molecule has 1 rings (SSSR count). The van der Waals surface area contributed by atoms with Crippen LogP contribution in [0, 0.1) is 0 Å². The van der Waals surface area contributed by atoms with E-state index in [4.69, 9.17) is 19.9 Å². The summed E-state index contributed by atoms with van der Waals surface area (Å²) < 4.78 is 16.4. The molecule has 1 unspecified atom stereocenters. The first-order valence-corrected chi connectivity index (χ1v) is 6.21. The molecule has 0 aromatic carbocycles. The Bertz CT molecular complexity index is 176. The molecule has 1 aliphatic heterocycles. The number of hydrogen-bond acceptors (Lipinski definition) is 4. The summed E-state index contributed by atoms with van der Waals surface area (Å²) >= 11 is 0. The monoisotopic (exact) mass is 231 g/mol. The first-order chi connectivity index (χ1) is 7.75. The Balaban J connectivity index is 2.46. The van der Waals surface area contributed by atoms with Crippen LogP contribution in [0.2, 0.25) is 0 Å². The molecule has 0 aromatic heterocycles. The van der Waals surface area contributed by atoms with E-state index in [0.29, 0.717) is 0 Å². The molecule has 0 aromatic rings. The third-order valence-electron chi connectivity index (χ3n) is 3.31. The van der Waals surface area contributed by atoms with Crippen molar-refractivity contribution in [1.82, 2.24) is 0 Å². The van der Waals surface area contributed by atoms with Crippen molar-refractivity contribution in [1.29, 1.82) is 0 Å². The van der Waals surface area contributed by atoms with E-state index < -0.39 is 0 Å². The molecule has 1 fully saturated rings. The maximum absolute atomic E-state index is 6.27. The van der Waals surface area contributed by atoms with Gasteiger partial charge in [0.25, 0.3) is 0 Å². The molecule has 1 heterocycles. The topological polar surface area (TPSA) is 53.7 Å². The molecule has 4 heteroatoms. The predicted octanol–water partition coefficient (Wildman–Crippen LogP) is 1.33. The molecule has 1 atom stereocenters. The van der Waals surface area contributed by atoms with Gasteiger partial charge < -0.3 is 19.9 Å². The number of rotatable bonds is 7. The molecule has 0 bridgehead atoms. The predicted molar refractivity (Wildman–Crippen MR) is 63.5 cm³/mol. The fourth-order valence-corrected chi connectivity index (χ4v) is 2.34. The van der Waals surface area contributed by atoms with E-state index in [9.17, 15) is 0 Å². The van der Waals surface area contributed by atoms with Crippen molar-refractivity contribution in [3.05, 3.63) is 0 Å². The van der Waals surface area contributed by atoms with Crippen LogP contribution in [0.5, 0.6) is 0 Å². The smallest absolute Gasteiger partial charge is 0.0876 e. The maximum atomic E-state index is 6.27. The summed E-state index contributed by atoms with van der Waals surface area (Å²) in [4.78, 5) is 0. The van der Waals surface area contributed by atoms with Gasteiger partial charge in [-0.25, -0.2) is 0 Å². The van der Waals surface area contributed by atoms with Crippen LogP contribution < -0.4 is 5.73 Å². The van der Waals surface area contributed by atoms with Crippen LogP contribution in [0.3, 0.4) is 0 Å². The van der Waals surface area contributed by atoms with E-state index in [-0.39, 0.29) is 11.6 Å². The van der Waals surface area contributed by atoms with Gasteiger partial charge in [0.1, 0.15) is 0 Å². The Morgan fingerprint density at radius 3 is 2.62 bits per heavy atom. The minimum absolute atomic E-state index is 0.0894. The van der Waals surface area contributed by atoms with Crippen molar-refractivity contribution in [2.24, 2.45) is 5.73 Å². The zero-order valence-electron chi connectivity index (χ0n) is 10.5. The Labute approximate surface area is 98.4 Å². The van der Waals surface area contributed by atoms with Crippen molar-refractivity contribution in [2.75, 3.05) is 33.5 Å². The summed E-state index contributed by atoms with van der Waals surface area (Å²) in [6, 6.07) is 0.0894. The molecule has 0 amide bonds. The summed E-state index contributed by atoms with van der Waals surface area (Å²) in [7, 11) is 1.72. The zero-order valence-corrected chi connectivity index (χ0v) is 10.5. The molecule has 1 saturated heterocycles. The third kappa shape index (κ3) is 3.70. The molecule has 16 heavy (non-hydrogen) atoms. The van der Waals surface area contributed by atoms with Gasteiger partial charge in [0.05, 0.1) is 5.60 Å². The Hall–Kier alpha value is -0.160. The highest BCUT2D eigenvalue weighted by Crippen LogP contribution is 2.29. The Morgan fingerprint density at radius 1 is 1.38 bits per heavy atom. The molecular weight excluding hydrogens is 206 g/mol. The average molecular weight is 231 g/mol. The Morgan fingerprint density at radius 2 is 2.06 bits per heavy atom. The lowest BCUT2D eigenvalue weighted by molar-refractivity contribution is -0.122. The van der Waals surface area contributed by atoms with E-state index in [2.05, 4.69) is 0 Å². The van der Waals surface area contributed by atoms with Gasteiger partial charge in [0, 0.05) is 52.4 Å². The average Bonchev–Trinajstić information content (AvgIpc) is 2.31. The third-order valence-corrected chi connectivity index (χ3v) is 3.31. The molecule has 0 radical (unpaired) electrons. The van der Waals surface area contributed by atoms with Crippen LogP contribution in [-0.4, -0.2) is 45.2 Å². The fourth-order valence-electron chi connectivity index (χ4n) is 2.34. The summed E-state index contributed by atoms with van der Waals surface area (Å²) in [5.41, 5.74) is 6.11. The van der Waals surface area contributed by atoms with Crippen molar-refractivity contribution < 1.29 is 14.2 Å². The minimum atomic E-state index is -0.166. The molecule has 0 aliphatic carbocycles. The number of methoxy groups -OCH3 is 1. The highest BCUT2D eigenvalue weighted by atomic mass is 16.5. The van der Waals surface area contributed by atoms with Crippen LogP contribution in [0.25, 0.3) is 0 Å². The van der Waals surface area contributed by atoms with Gasteiger partial charge in [-0.2, -0.15) is 0 Å². The van der Waals surface area contributed by atoms with Gasteiger partial charge in [-0.05, 0) is 19.8 Å². The lowest BCUT2D eigenvalue weighted by Crippen LogP contribution is -2.53. The first-order valence-electron chi connectivity index (χ1n) is 6.21. The lowest BCUT2D eigenvalue weighted by Gasteiger charge is -2.41. The van der Waals surface area contributed by atoms with Gasteiger partial charge in [0.15, 0.2) is 0 Å². The Kier molecular flexibility index (Phi) is 6.28. The maximum Gasteiger partial charge on any atom is 0.0876 e. The number of nitrogens with two attached hydrogens (primary N) is 1. The second-order valence-electron chi connectivity index (χ2n) is 4.35. The zero-order chi connectivity index (χ0) is 11.9. The van der Waals surface area contributed by atoms with Gasteiger partial charge in [-0.3, -0.25) is 0 Å². The van der Waals surface area contributed by atoms with Crippen molar-refractivity contribution in [3.63, 3.8) is 0 Å². The summed E-state index contributed by atoms with van der Waals surface area (Å²) in [5.74, 6) is 0. The molecule has 2 N–H and O–H groups in total. The van der Waals surface area contributed by atoms with Crippen LogP contribution in [0.4, 0.5) is 0 Å². The quantitative estimate of drug-likeness (QED) is 0.672. The second kappa shape index (κ2) is 7.22. The lowest BCUT2D eigenvalue weighted by atomic mass is 9.84. The van der Waals surface area contributed by atoms with Crippen molar-refractivity contribution >= 4 is 0 Å². The second-order valence-corrected chi connectivity index (χ2v) is 4.35. The van der Waals surface area contributed by atoms with E-state index in [0.717, 1.165) is 52.1 Å². The van der Waals surface area contributed by atoms with Crippen molar-refractivity contribution in [2.45, 2.75) is 44.2 Å². The van der Waals surface area contributed by atoms with Gasteiger partial charge in [0.2, 0.25) is 0 Å². The first kappa shape index (κ1) is 13.9. The standard InChI is InChI=1S/C12H25NO3/c1-3-16-12(6-9-15-10-7-12)11(13)5-4-8-14-2/h11H,3-10,13H2,1-2H3. The van der Waals surface area contributed by atoms with E-state index in [1.807, 2.05) is 6.92 Å². The molecule has 0 saturated carbocycles. The highest BCUT2D eigenvalue weighted by Gasteiger charge is 2.38. The van der Waals surface area contributed by atoms with Crippen LogP contribution in [-0.2, 0) is 14.2 Å². The summed E-state index contributed by atoms with van der Waals surface area (Å²) in [6.07, 6.45) is 3.77. The van der Waals surface area contributed by atoms with Gasteiger partial charge in [-0.1, -0.05) is 0 Å². The fraction of sp³-hybridized carbons (Fsp3) is 1.00. The molecular formula is C12H25NO3. The summed E-state index contributed by atoms with van der Waals surface area (Å²) in [6.45, 7) is 5.04.